The molecule has 0 N–H and O–H groups in total. The fraction of sp³-hybridized carbons (Fsp3) is 0.154. The van der Waals surface area contributed by atoms with E-state index in [1.54, 1.807) is 12.4 Å². The van der Waals surface area contributed by atoms with Crippen LogP contribution in [-0.4, -0.2) is 4.98 Å². The maximum Gasteiger partial charge on any atom is 0.146 e. The van der Waals surface area contributed by atoms with Crippen LogP contribution >= 0.6 is 27.5 Å². The van der Waals surface area contributed by atoms with Crippen LogP contribution < -0.4 is 4.74 Å². The molecule has 0 radical (unpaired) electrons. The van der Waals surface area contributed by atoms with Crippen molar-refractivity contribution in [1.29, 1.82) is 0 Å². The zero-order chi connectivity index (χ0) is 12.4. The fourth-order valence-corrected chi connectivity index (χ4v) is 2.30. The molecule has 4 heteroatoms. The number of hydrogen-bond donors (Lipinski definition) is 0. The molecule has 0 unspecified atom stereocenters. The van der Waals surface area contributed by atoms with Crippen molar-refractivity contribution in [1.82, 2.24) is 4.98 Å². The number of benzene rings is 1. The average molecular weight is 313 g/mol. The molecule has 2 rings (SSSR count). The largest absolute Gasteiger partial charge is 0.455 e. The minimum atomic E-state index is 0.702. The highest BCUT2D eigenvalue weighted by Gasteiger charge is 2.07. The average Bonchev–Trinajstić information content (AvgIpc) is 2.23. The highest BCUT2D eigenvalue weighted by atomic mass is 79.9. The molecule has 0 atom stereocenters. The summed E-state index contributed by atoms with van der Waals surface area (Å²) in [6.07, 6.45) is 3.40. The molecule has 88 valence electrons. The molecule has 0 amide bonds. The Kier molecular flexibility index (Phi) is 3.69. The molecule has 0 aliphatic rings. The summed E-state index contributed by atoms with van der Waals surface area (Å²) in [6.45, 7) is 3.94. The Bertz CT molecular complexity index is 534. The molecular formula is C13H11BrClNO. The highest BCUT2D eigenvalue weighted by Crippen LogP contribution is 2.31. The van der Waals surface area contributed by atoms with Gasteiger partial charge in [0.25, 0.3) is 0 Å². The molecular weight excluding hydrogens is 302 g/mol. The third-order valence-electron chi connectivity index (χ3n) is 2.32. The molecule has 2 aromatic rings. The Morgan fingerprint density at radius 3 is 2.35 bits per heavy atom. The first kappa shape index (κ1) is 12.4. The van der Waals surface area contributed by atoms with Gasteiger partial charge in [0.2, 0.25) is 0 Å². The van der Waals surface area contributed by atoms with Gasteiger partial charge in [0, 0.05) is 15.7 Å². The van der Waals surface area contributed by atoms with Gasteiger partial charge < -0.3 is 4.74 Å². The predicted octanol–water partition coefficient (Wildman–Crippen LogP) is 4.91. The van der Waals surface area contributed by atoms with E-state index >= 15 is 0 Å². The standard InChI is InChI=1S/C13H11BrClNO/c1-8-3-11(15)4-9(2)13(8)17-12-5-10(14)6-16-7-12/h3-7H,1-2H3. The van der Waals surface area contributed by atoms with E-state index < -0.39 is 0 Å². The lowest BCUT2D eigenvalue weighted by atomic mass is 10.1. The smallest absolute Gasteiger partial charge is 0.146 e. The van der Waals surface area contributed by atoms with Gasteiger partial charge in [-0.25, -0.2) is 0 Å². The minimum absolute atomic E-state index is 0.702. The van der Waals surface area contributed by atoms with E-state index in [2.05, 4.69) is 20.9 Å². The summed E-state index contributed by atoms with van der Waals surface area (Å²) in [7, 11) is 0. The van der Waals surface area contributed by atoms with Gasteiger partial charge in [-0.15, -0.1) is 0 Å². The molecule has 0 fully saturated rings. The lowest BCUT2D eigenvalue weighted by Gasteiger charge is -2.12. The number of aryl methyl sites for hydroxylation is 2. The van der Waals surface area contributed by atoms with E-state index in [4.69, 9.17) is 16.3 Å². The summed E-state index contributed by atoms with van der Waals surface area (Å²) < 4.78 is 6.71. The maximum absolute atomic E-state index is 5.98. The quantitative estimate of drug-likeness (QED) is 0.786. The van der Waals surface area contributed by atoms with Crippen LogP contribution in [-0.2, 0) is 0 Å². The number of hydrogen-bond acceptors (Lipinski definition) is 2. The molecule has 1 aromatic heterocycles. The first-order valence-corrected chi connectivity index (χ1v) is 6.28. The predicted molar refractivity (Wildman–Crippen MR) is 72.9 cm³/mol. The second-order valence-electron chi connectivity index (χ2n) is 3.81. The third-order valence-corrected chi connectivity index (χ3v) is 2.98. The maximum atomic E-state index is 5.98. The molecule has 1 aromatic carbocycles. The van der Waals surface area contributed by atoms with Crippen LogP contribution in [0.15, 0.2) is 35.1 Å². The van der Waals surface area contributed by atoms with Gasteiger partial charge in [-0.05, 0) is 59.1 Å². The van der Waals surface area contributed by atoms with Crippen LogP contribution in [0.5, 0.6) is 11.5 Å². The Morgan fingerprint density at radius 2 is 1.76 bits per heavy atom. The Hall–Kier alpha value is -1.06. The number of halogens is 2. The summed E-state index contributed by atoms with van der Waals surface area (Å²) in [5.41, 5.74) is 2.02. The SMILES string of the molecule is Cc1cc(Cl)cc(C)c1Oc1cncc(Br)c1. The molecule has 17 heavy (non-hydrogen) atoms. The second kappa shape index (κ2) is 5.07. The Balaban J connectivity index is 2.36. The van der Waals surface area contributed by atoms with Gasteiger partial charge in [-0.3, -0.25) is 4.98 Å². The summed E-state index contributed by atoms with van der Waals surface area (Å²) in [5, 5.41) is 0.722. The third kappa shape index (κ3) is 2.99. The minimum Gasteiger partial charge on any atom is -0.455 e. The molecule has 1 heterocycles. The normalized spacial score (nSPS) is 10.4. The summed E-state index contributed by atoms with van der Waals surface area (Å²) in [6, 6.07) is 5.64. The van der Waals surface area contributed by atoms with Crippen molar-refractivity contribution in [2.24, 2.45) is 0 Å². The molecule has 0 aliphatic heterocycles. The first-order chi connectivity index (χ1) is 8.06. The van der Waals surface area contributed by atoms with Crippen molar-refractivity contribution in [2.75, 3.05) is 0 Å². The van der Waals surface area contributed by atoms with Crippen LogP contribution in [0.1, 0.15) is 11.1 Å². The van der Waals surface area contributed by atoms with E-state index in [9.17, 15) is 0 Å². The highest BCUT2D eigenvalue weighted by molar-refractivity contribution is 9.10. The van der Waals surface area contributed by atoms with Crippen molar-refractivity contribution in [3.8, 4) is 11.5 Å². The molecule has 0 saturated carbocycles. The van der Waals surface area contributed by atoms with Gasteiger partial charge in [0.05, 0.1) is 6.20 Å². The van der Waals surface area contributed by atoms with Gasteiger partial charge in [0.1, 0.15) is 11.5 Å². The zero-order valence-corrected chi connectivity index (χ0v) is 11.8. The van der Waals surface area contributed by atoms with Crippen LogP contribution in [0.4, 0.5) is 0 Å². The van der Waals surface area contributed by atoms with E-state index in [0.717, 1.165) is 26.4 Å². The second-order valence-corrected chi connectivity index (χ2v) is 5.16. The molecule has 0 aliphatic carbocycles. The fourth-order valence-electron chi connectivity index (χ4n) is 1.62. The van der Waals surface area contributed by atoms with Crippen LogP contribution in [0.2, 0.25) is 5.02 Å². The summed E-state index contributed by atoms with van der Waals surface area (Å²) >= 11 is 9.34. The lowest BCUT2D eigenvalue weighted by molar-refractivity contribution is 0.472. The first-order valence-electron chi connectivity index (χ1n) is 5.11. The van der Waals surface area contributed by atoms with Crippen molar-refractivity contribution >= 4 is 27.5 Å². The van der Waals surface area contributed by atoms with Crippen LogP contribution in [0.3, 0.4) is 0 Å². The lowest BCUT2D eigenvalue weighted by Crippen LogP contribution is -1.92. The monoisotopic (exact) mass is 311 g/mol. The Morgan fingerprint density at radius 1 is 1.12 bits per heavy atom. The van der Waals surface area contributed by atoms with E-state index in [0.29, 0.717) is 5.75 Å². The number of ether oxygens (including phenoxy) is 1. The molecule has 2 nitrogen and oxygen atoms in total. The van der Waals surface area contributed by atoms with Gasteiger partial charge in [0.15, 0.2) is 0 Å². The van der Waals surface area contributed by atoms with Crippen molar-refractivity contribution < 1.29 is 4.74 Å². The number of pyridine rings is 1. The van der Waals surface area contributed by atoms with E-state index in [1.165, 1.54) is 0 Å². The van der Waals surface area contributed by atoms with Crippen molar-refractivity contribution in [3.63, 3.8) is 0 Å². The van der Waals surface area contributed by atoms with E-state index in [-0.39, 0.29) is 0 Å². The molecule has 0 bridgehead atoms. The van der Waals surface area contributed by atoms with Crippen LogP contribution in [0, 0.1) is 13.8 Å². The molecule has 0 spiro atoms. The summed E-state index contributed by atoms with van der Waals surface area (Å²) in [5.74, 6) is 1.53. The van der Waals surface area contributed by atoms with Gasteiger partial charge >= 0.3 is 0 Å². The topological polar surface area (TPSA) is 22.1 Å². The number of nitrogens with zero attached hydrogens (tertiary/aromatic N) is 1. The number of aromatic nitrogens is 1. The molecule has 0 saturated heterocycles. The number of rotatable bonds is 2. The zero-order valence-electron chi connectivity index (χ0n) is 9.50. The van der Waals surface area contributed by atoms with Crippen LogP contribution in [0.25, 0.3) is 0 Å². The van der Waals surface area contributed by atoms with Crippen molar-refractivity contribution in [3.05, 3.63) is 51.2 Å². The Labute approximate surface area is 114 Å². The summed E-state index contributed by atoms with van der Waals surface area (Å²) in [4.78, 5) is 4.06. The van der Waals surface area contributed by atoms with Gasteiger partial charge in [-0.2, -0.15) is 0 Å². The van der Waals surface area contributed by atoms with Crippen molar-refractivity contribution in [2.45, 2.75) is 13.8 Å². The van der Waals surface area contributed by atoms with E-state index in [1.807, 2.05) is 32.0 Å². The van der Waals surface area contributed by atoms with Gasteiger partial charge in [-0.1, -0.05) is 11.6 Å².